The Kier molecular flexibility index (Phi) is 5.27. The molecule has 1 aliphatic rings. The van der Waals surface area contributed by atoms with Crippen LogP contribution in [0.1, 0.15) is 32.6 Å². The predicted molar refractivity (Wildman–Crippen MR) is 78.1 cm³/mol. The van der Waals surface area contributed by atoms with E-state index >= 15 is 0 Å². The molecular formula is C16H23NO3. The fourth-order valence-corrected chi connectivity index (χ4v) is 2.66. The van der Waals surface area contributed by atoms with Crippen molar-refractivity contribution in [2.24, 2.45) is 5.92 Å². The summed E-state index contributed by atoms with van der Waals surface area (Å²) < 4.78 is 10.7. The van der Waals surface area contributed by atoms with E-state index in [1.54, 1.807) is 13.2 Å². The van der Waals surface area contributed by atoms with Crippen molar-refractivity contribution in [3.63, 3.8) is 0 Å². The maximum Gasteiger partial charge on any atom is 0.258 e. The SMILES string of the molecule is COc1ccccc1OCC(=O)N[C@@H]1CCCC[C@@H]1C. The van der Waals surface area contributed by atoms with Gasteiger partial charge in [-0.25, -0.2) is 0 Å². The molecule has 1 aliphatic carbocycles. The van der Waals surface area contributed by atoms with Gasteiger partial charge in [0.25, 0.3) is 5.91 Å². The van der Waals surface area contributed by atoms with E-state index in [9.17, 15) is 4.79 Å². The third-order valence-electron chi connectivity index (χ3n) is 3.89. The molecule has 2 atom stereocenters. The van der Waals surface area contributed by atoms with E-state index in [-0.39, 0.29) is 18.6 Å². The van der Waals surface area contributed by atoms with Crippen molar-refractivity contribution in [1.29, 1.82) is 0 Å². The molecule has 110 valence electrons. The van der Waals surface area contributed by atoms with Crippen molar-refractivity contribution in [3.05, 3.63) is 24.3 Å². The van der Waals surface area contributed by atoms with Gasteiger partial charge in [0, 0.05) is 6.04 Å². The molecule has 4 heteroatoms. The van der Waals surface area contributed by atoms with Crippen LogP contribution in [0.4, 0.5) is 0 Å². The molecule has 1 saturated carbocycles. The Bertz CT molecular complexity index is 447. The monoisotopic (exact) mass is 277 g/mol. The Morgan fingerprint density at radius 1 is 1.25 bits per heavy atom. The maximum absolute atomic E-state index is 12.0. The zero-order valence-corrected chi connectivity index (χ0v) is 12.2. The number of carbonyl (C=O) groups excluding carboxylic acids is 1. The standard InChI is InChI=1S/C16H23NO3/c1-12-7-3-4-8-13(12)17-16(18)11-20-15-10-6-5-9-14(15)19-2/h5-6,9-10,12-13H,3-4,7-8,11H2,1-2H3,(H,17,18)/t12-,13+/m0/s1. The number of hydrogen-bond acceptors (Lipinski definition) is 3. The Hall–Kier alpha value is -1.71. The van der Waals surface area contributed by atoms with E-state index in [4.69, 9.17) is 9.47 Å². The van der Waals surface area contributed by atoms with Crippen molar-refractivity contribution in [2.45, 2.75) is 38.6 Å². The predicted octanol–water partition coefficient (Wildman–Crippen LogP) is 2.77. The number of rotatable bonds is 5. The van der Waals surface area contributed by atoms with Crippen molar-refractivity contribution >= 4 is 5.91 Å². The number of carbonyl (C=O) groups is 1. The lowest BCUT2D eigenvalue weighted by atomic mass is 9.86. The molecule has 1 aromatic carbocycles. The number of para-hydroxylation sites is 2. The fraction of sp³-hybridized carbons (Fsp3) is 0.562. The number of methoxy groups -OCH3 is 1. The van der Waals surface area contributed by atoms with Crippen LogP contribution < -0.4 is 14.8 Å². The molecule has 0 bridgehead atoms. The molecule has 0 spiro atoms. The largest absolute Gasteiger partial charge is 0.493 e. The van der Waals surface area contributed by atoms with Gasteiger partial charge in [-0.15, -0.1) is 0 Å². The molecular weight excluding hydrogens is 254 g/mol. The quantitative estimate of drug-likeness (QED) is 0.900. The van der Waals surface area contributed by atoms with E-state index < -0.39 is 0 Å². The lowest BCUT2D eigenvalue weighted by Gasteiger charge is -2.29. The second-order valence-corrected chi connectivity index (χ2v) is 5.38. The van der Waals surface area contributed by atoms with Crippen molar-refractivity contribution in [1.82, 2.24) is 5.32 Å². The first-order chi connectivity index (χ1) is 9.70. The molecule has 0 aliphatic heterocycles. The van der Waals surface area contributed by atoms with E-state index in [1.165, 1.54) is 19.3 Å². The fourth-order valence-electron chi connectivity index (χ4n) is 2.66. The Morgan fingerprint density at radius 2 is 1.95 bits per heavy atom. The summed E-state index contributed by atoms with van der Waals surface area (Å²) in [6, 6.07) is 7.64. The number of nitrogens with one attached hydrogen (secondary N) is 1. The van der Waals surface area contributed by atoms with Gasteiger partial charge in [-0.1, -0.05) is 31.9 Å². The molecule has 4 nitrogen and oxygen atoms in total. The number of hydrogen-bond donors (Lipinski definition) is 1. The highest BCUT2D eigenvalue weighted by Gasteiger charge is 2.22. The molecule has 0 saturated heterocycles. The summed E-state index contributed by atoms with van der Waals surface area (Å²) in [7, 11) is 1.59. The summed E-state index contributed by atoms with van der Waals surface area (Å²) in [5.74, 6) is 1.74. The number of ether oxygens (including phenoxy) is 2. The molecule has 20 heavy (non-hydrogen) atoms. The summed E-state index contributed by atoms with van der Waals surface area (Å²) in [6.07, 6.45) is 4.73. The molecule has 1 N–H and O–H groups in total. The van der Waals surface area contributed by atoms with Crippen molar-refractivity contribution in [2.75, 3.05) is 13.7 Å². The Balaban J connectivity index is 1.82. The van der Waals surface area contributed by atoms with Gasteiger partial charge in [0.05, 0.1) is 7.11 Å². The average Bonchev–Trinajstić information content (AvgIpc) is 2.48. The van der Waals surface area contributed by atoms with Crippen LogP contribution in [0.15, 0.2) is 24.3 Å². The smallest absolute Gasteiger partial charge is 0.258 e. The zero-order chi connectivity index (χ0) is 14.4. The third kappa shape index (κ3) is 3.89. The molecule has 1 fully saturated rings. The van der Waals surface area contributed by atoms with Gasteiger partial charge in [-0.05, 0) is 30.9 Å². The van der Waals surface area contributed by atoms with E-state index in [0.717, 1.165) is 6.42 Å². The molecule has 1 amide bonds. The van der Waals surface area contributed by atoms with Gasteiger partial charge in [0.2, 0.25) is 0 Å². The molecule has 0 heterocycles. The summed E-state index contributed by atoms with van der Waals surface area (Å²) >= 11 is 0. The second kappa shape index (κ2) is 7.17. The highest BCUT2D eigenvalue weighted by atomic mass is 16.5. The van der Waals surface area contributed by atoms with E-state index in [2.05, 4.69) is 12.2 Å². The number of benzene rings is 1. The van der Waals surface area contributed by atoms with Gasteiger partial charge in [-0.3, -0.25) is 4.79 Å². The van der Waals surface area contributed by atoms with Crippen LogP contribution in [0.3, 0.4) is 0 Å². The molecule has 2 rings (SSSR count). The Labute approximate surface area is 120 Å². The molecule has 0 aromatic heterocycles. The highest BCUT2D eigenvalue weighted by Crippen LogP contribution is 2.26. The normalized spacial score (nSPS) is 22.1. The van der Waals surface area contributed by atoms with E-state index in [1.807, 2.05) is 18.2 Å². The molecule has 1 aromatic rings. The minimum Gasteiger partial charge on any atom is -0.493 e. The maximum atomic E-state index is 12.0. The van der Waals surface area contributed by atoms with Crippen molar-refractivity contribution in [3.8, 4) is 11.5 Å². The molecule has 0 radical (unpaired) electrons. The van der Waals surface area contributed by atoms with Gasteiger partial charge >= 0.3 is 0 Å². The first kappa shape index (κ1) is 14.7. The summed E-state index contributed by atoms with van der Waals surface area (Å²) in [5, 5.41) is 3.07. The van der Waals surface area contributed by atoms with Crippen LogP contribution in [0.2, 0.25) is 0 Å². The van der Waals surface area contributed by atoms with Gasteiger partial charge in [0.15, 0.2) is 18.1 Å². The average molecular weight is 277 g/mol. The first-order valence-corrected chi connectivity index (χ1v) is 7.26. The highest BCUT2D eigenvalue weighted by molar-refractivity contribution is 5.78. The lowest BCUT2D eigenvalue weighted by molar-refractivity contribution is -0.124. The van der Waals surface area contributed by atoms with Crippen LogP contribution in [-0.2, 0) is 4.79 Å². The van der Waals surface area contributed by atoms with Gasteiger partial charge < -0.3 is 14.8 Å². The van der Waals surface area contributed by atoms with Crippen LogP contribution in [0.5, 0.6) is 11.5 Å². The number of amides is 1. The van der Waals surface area contributed by atoms with Crippen molar-refractivity contribution < 1.29 is 14.3 Å². The van der Waals surface area contributed by atoms with Crippen LogP contribution >= 0.6 is 0 Å². The Morgan fingerprint density at radius 3 is 2.65 bits per heavy atom. The molecule has 0 unspecified atom stereocenters. The minimum atomic E-state index is -0.0605. The van der Waals surface area contributed by atoms with Crippen LogP contribution in [0, 0.1) is 5.92 Å². The lowest BCUT2D eigenvalue weighted by Crippen LogP contribution is -2.43. The minimum absolute atomic E-state index is 0.0313. The first-order valence-electron chi connectivity index (χ1n) is 7.26. The third-order valence-corrected chi connectivity index (χ3v) is 3.89. The summed E-state index contributed by atoms with van der Waals surface area (Å²) in [5.41, 5.74) is 0. The topological polar surface area (TPSA) is 47.6 Å². The van der Waals surface area contributed by atoms with Gasteiger partial charge in [0.1, 0.15) is 0 Å². The van der Waals surface area contributed by atoms with E-state index in [0.29, 0.717) is 17.4 Å². The van der Waals surface area contributed by atoms with Crippen LogP contribution in [-0.4, -0.2) is 25.7 Å². The van der Waals surface area contributed by atoms with Crippen LogP contribution in [0.25, 0.3) is 0 Å². The van der Waals surface area contributed by atoms with Gasteiger partial charge in [-0.2, -0.15) is 0 Å². The zero-order valence-electron chi connectivity index (χ0n) is 12.2. The summed E-state index contributed by atoms with van der Waals surface area (Å²) in [4.78, 5) is 12.0. The summed E-state index contributed by atoms with van der Waals surface area (Å²) in [6.45, 7) is 2.23. The second-order valence-electron chi connectivity index (χ2n) is 5.38.